The lowest BCUT2D eigenvalue weighted by Crippen LogP contribution is -2.44. The standard InChI is InChI=1S/C23H33N5O2S/c1-4-24-22(25-15-17-9-11-19(12-10-17)27-23(29)30-3)26-16-18-7-5-13-28(2)21(18)20-8-6-14-31-20/h6,8-12,14,18,21H,4-5,7,13,15-16H2,1-3H3,(H,27,29)(H2,24,25,26). The highest BCUT2D eigenvalue weighted by Gasteiger charge is 2.31. The van der Waals surface area contributed by atoms with Gasteiger partial charge in [-0.25, -0.2) is 9.79 Å². The van der Waals surface area contributed by atoms with Gasteiger partial charge in [0, 0.05) is 29.7 Å². The zero-order chi connectivity index (χ0) is 22.1. The highest BCUT2D eigenvalue weighted by Crippen LogP contribution is 2.36. The Labute approximate surface area is 188 Å². The van der Waals surface area contributed by atoms with Crippen molar-refractivity contribution in [2.75, 3.05) is 39.1 Å². The van der Waals surface area contributed by atoms with Gasteiger partial charge in [0.25, 0.3) is 0 Å². The van der Waals surface area contributed by atoms with Crippen molar-refractivity contribution in [2.24, 2.45) is 10.9 Å². The molecule has 1 fully saturated rings. The van der Waals surface area contributed by atoms with Gasteiger partial charge in [0.1, 0.15) is 0 Å². The fraction of sp³-hybridized carbons (Fsp3) is 0.478. The van der Waals surface area contributed by atoms with Gasteiger partial charge in [0.15, 0.2) is 5.96 Å². The fourth-order valence-electron chi connectivity index (χ4n) is 3.98. The molecule has 0 spiro atoms. The summed E-state index contributed by atoms with van der Waals surface area (Å²) in [5.74, 6) is 1.38. The Morgan fingerprint density at radius 1 is 1.26 bits per heavy atom. The summed E-state index contributed by atoms with van der Waals surface area (Å²) < 4.78 is 4.61. The number of amides is 1. The first-order valence-corrected chi connectivity index (χ1v) is 11.7. The average molecular weight is 444 g/mol. The number of carbonyl (C=O) groups is 1. The van der Waals surface area contributed by atoms with Crippen molar-refractivity contribution in [1.82, 2.24) is 15.5 Å². The first-order chi connectivity index (χ1) is 15.1. The number of nitrogens with zero attached hydrogens (tertiary/aromatic N) is 2. The van der Waals surface area contributed by atoms with E-state index in [1.807, 2.05) is 35.6 Å². The SMILES string of the molecule is CCNC(=NCc1ccc(NC(=O)OC)cc1)NCC1CCCN(C)C1c1cccs1. The molecule has 0 radical (unpaired) electrons. The van der Waals surface area contributed by atoms with Crippen molar-refractivity contribution in [2.45, 2.75) is 32.4 Å². The van der Waals surface area contributed by atoms with Crippen LogP contribution in [0, 0.1) is 5.92 Å². The number of guanidine groups is 1. The Morgan fingerprint density at radius 3 is 2.74 bits per heavy atom. The summed E-state index contributed by atoms with van der Waals surface area (Å²) in [5.41, 5.74) is 1.77. The largest absolute Gasteiger partial charge is 0.453 e. The number of carbonyl (C=O) groups excluding carboxylic acids is 1. The number of hydrogen-bond donors (Lipinski definition) is 3. The number of methoxy groups -OCH3 is 1. The molecule has 1 amide bonds. The molecule has 1 aromatic carbocycles. The molecule has 7 nitrogen and oxygen atoms in total. The van der Waals surface area contributed by atoms with Crippen LogP contribution >= 0.6 is 11.3 Å². The van der Waals surface area contributed by atoms with Gasteiger partial charge in [-0.2, -0.15) is 0 Å². The molecule has 8 heteroatoms. The summed E-state index contributed by atoms with van der Waals surface area (Å²) in [5, 5.41) is 11.7. The molecule has 2 aromatic rings. The molecular formula is C23H33N5O2S. The van der Waals surface area contributed by atoms with Gasteiger partial charge in [-0.3, -0.25) is 10.2 Å². The van der Waals surface area contributed by atoms with Crippen LogP contribution in [0.3, 0.4) is 0 Å². The third-order valence-electron chi connectivity index (χ3n) is 5.52. The van der Waals surface area contributed by atoms with E-state index in [1.165, 1.54) is 24.8 Å². The Hall–Kier alpha value is -2.58. The van der Waals surface area contributed by atoms with Crippen molar-refractivity contribution in [3.63, 3.8) is 0 Å². The molecule has 3 N–H and O–H groups in total. The summed E-state index contributed by atoms with van der Waals surface area (Å²) in [6.07, 6.45) is 1.97. The number of nitrogens with one attached hydrogen (secondary N) is 3. The summed E-state index contributed by atoms with van der Waals surface area (Å²) in [4.78, 5) is 20.0. The summed E-state index contributed by atoms with van der Waals surface area (Å²) in [6, 6.07) is 12.5. The number of ether oxygens (including phenoxy) is 1. The molecule has 1 aliphatic rings. The maximum Gasteiger partial charge on any atom is 0.411 e. The molecule has 2 unspecified atom stereocenters. The van der Waals surface area contributed by atoms with Crippen LogP contribution in [-0.2, 0) is 11.3 Å². The van der Waals surface area contributed by atoms with Crippen LogP contribution in [0.5, 0.6) is 0 Å². The minimum Gasteiger partial charge on any atom is -0.453 e. The number of aliphatic imine (C=N–C) groups is 1. The second-order valence-electron chi connectivity index (χ2n) is 7.73. The second-order valence-corrected chi connectivity index (χ2v) is 8.71. The Kier molecular flexibility index (Phi) is 8.73. The van der Waals surface area contributed by atoms with Crippen molar-refractivity contribution < 1.29 is 9.53 Å². The number of hydrogen-bond acceptors (Lipinski definition) is 5. The number of likely N-dealkylation sites (tertiary alicyclic amines) is 1. The number of thiophene rings is 1. The molecule has 2 heterocycles. The predicted molar refractivity (Wildman–Crippen MR) is 128 cm³/mol. The molecule has 168 valence electrons. The van der Waals surface area contributed by atoms with Crippen molar-refractivity contribution in [1.29, 1.82) is 0 Å². The van der Waals surface area contributed by atoms with Crippen LogP contribution in [0.2, 0.25) is 0 Å². The minimum atomic E-state index is -0.474. The minimum absolute atomic E-state index is 0.457. The molecular weight excluding hydrogens is 410 g/mol. The van der Waals surface area contributed by atoms with E-state index in [0.717, 1.165) is 31.2 Å². The zero-order valence-electron chi connectivity index (χ0n) is 18.6. The monoisotopic (exact) mass is 443 g/mol. The van der Waals surface area contributed by atoms with E-state index in [9.17, 15) is 4.79 Å². The number of benzene rings is 1. The predicted octanol–water partition coefficient (Wildman–Crippen LogP) is 4.06. The molecule has 2 atom stereocenters. The highest BCUT2D eigenvalue weighted by atomic mass is 32.1. The number of rotatable bonds is 7. The fourth-order valence-corrected chi connectivity index (χ4v) is 4.97. The molecule has 1 saturated heterocycles. The average Bonchev–Trinajstić information content (AvgIpc) is 3.31. The first-order valence-electron chi connectivity index (χ1n) is 10.8. The van der Waals surface area contributed by atoms with Crippen molar-refractivity contribution in [3.8, 4) is 0 Å². The van der Waals surface area contributed by atoms with Crippen LogP contribution in [0.15, 0.2) is 46.8 Å². The quantitative estimate of drug-likeness (QED) is 0.444. The molecule has 31 heavy (non-hydrogen) atoms. The molecule has 3 rings (SSSR count). The normalized spacial score (nSPS) is 19.6. The van der Waals surface area contributed by atoms with E-state index in [-0.39, 0.29) is 0 Å². The first kappa shape index (κ1) is 23.1. The van der Waals surface area contributed by atoms with Crippen LogP contribution in [0.4, 0.5) is 10.5 Å². The topological polar surface area (TPSA) is 78.0 Å². The third kappa shape index (κ3) is 6.70. The molecule has 0 aliphatic carbocycles. The van der Waals surface area contributed by atoms with Crippen LogP contribution in [-0.4, -0.2) is 50.7 Å². The zero-order valence-corrected chi connectivity index (χ0v) is 19.4. The van der Waals surface area contributed by atoms with Gasteiger partial charge in [0.05, 0.1) is 13.7 Å². The van der Waals surface area contributed by atoms with Gasteiger partial charge in [-0.05, 0) is 68.4 Å². The molecule has 1 aliphatic heterocycles. The van der Waals surface area contributed by atoms with Gasteiger partial charge >= 0.3 is 6.09 Å². The van der Waals surface area contributed by atoms with E-state index < -0.39 is 6.09 Å². The van der Waals surface area contributed by atoms with E-state index in [4.69, 9.17) is 4.99 Å². The molecule has 0 saturated carbocycles. The van der Waals surface area contributed by atoms with Gasteiger partial charge in [0.2, 0.25) is 0 Å². The summed E-state index contributed by atoms with van der Waals surface area (Å²) in [6.45, 7) is 5.49. The summed E-state index contributed by atoms with van der Waals surface area (Å²) >= 11 is 1.85. The van der Waals surface area contributed by atoms with E-state index in [0.29, 0.717) is 24.2 Å². The lowest BCUT2D eigenvalue weighted by molar-refractivity contribution is 0.125. The van der Waals surface area contributed by atoms with Gasteiger partial charge in [-0.15, -0.1) is 11.3 Å². The van der Waals surface area contributed by atoms with E-state index in [1.54, 1.807) is 0 Å². The Morgan fingerprint density at radius 2 is 2.06 bits per heavy atom. The van der Waals surface area contributed by atoms with E-state index in [2.05, 4.69) is 57.1 Å². The van der Waals surface area contributed by atoms with Crippen LogP contribution < -0.4 is 16.0 Å². The van der Waals surface area contributed by atoms with Crippen molar-refractivity contribution >= 4 is 29.1 Å². The lowest BCUT2D eigenvalue weighted by atomic mass is 9.88. The van der Waals surface area contributed by atoms with Crippen LogP contribution in [0.25, 0.3) is 0 Å². The number of anilines is 1. The van der Waals surface area contributed by atoms with Crippen LogP contribution in [0.1, 0.15) is 36.2 Å². The maximum absolute atomic E-state index is 11.3. The lowest BCUT2D eigenvalue weighted by Gasteiger charge is -2.39. The second kappa shape index (κ2) is 11.7. The Balaban J connectivity index is 1.59. The Bertz CT molecular complexity index is 838. The molecule has 1 aromatic heterocycles. The van der Waals surface area contributed by atoms with Gasteiger partial charge < -0.3 is 15.4 Å². The molecule has 0 bridgehead atoms. The smallest absolute Gasteiger partial charge is 0.411 e. The maximum atomic E-state index is 11.3. The summed E-state index contributed by atoms with van der Waals surface area (Å²) in [7, 11) is 3.58. The van der Waals surface area contributed by atoms with E-state index >= 15 is 0 Å². The highest BCUT2D eigenvalue weighted by molar-refractivity contribution is 7.10. The third-order valence-corrected chi connectivity index (χ3v) is 6.47. The number of piperidine rings is 1. The van der Waals surface area contributed by atoms with Gasteiger partial charge in [-0.1, -0.05) is 18.2 Å². The van der Waals surface area contributed by atoms with Crippen molar-refractivity contribution in [3.05, 3.63) is 52.2 Å².